The molecule has 0 aliphatic carbocycles. The number of ether oxygens (including phenoxy) is 1. The lowest BCUT2D eigenvalue weighted by Crippen LogP contribution is -2.41. The minimum Gasteiger partial charge on any atom is -0.497 e. The summed E-state index contributed by atoms with van der Waals surface area (Å²) in [6.07, 6.45) is 4.09. The van der Waals surface area contributed by atoms with Gasteiger partial charge in [-0.25, -0.2) is 18.4 Å². The van der Waals surface area contributed by atoms with Gasteiger partial charge in [-0.3, -0.25) is 0 Å². The van der Waals surface area contributed by atoms with Crippen LogP contribution in [-0.2, 0) is 16.4 Å². The number of nitrogens with zero attached hydrogens (tertiary/aromatic N) is 1. The van der Waals surface area contributed by atoms with E-state index in [9.17, 15) is 13.2 Å². The Balaban J connectivity index is 1.44. The first-order valence-corrected chi connectivity index (χ1v) is 11.2. The van der Waals surface area contributed by atoms with Crippen molar-refractivity contribution in [1.29, 1.82) is 0 Å². The van der Waals surface area contributed by atoms with Crippen molar-refractivity contribution in [2.75, 3.05) is 25.5 Å². The van der Waals surface area contributed by atoms with E-state index < -0.39 is 10.0 Å². The first kappa shape index (κ1) is 21.1. The molecule has 1 aliphatic heterocycles. The number of hydrogen-bond donors (Lipinski definition) is 2. The number of carbonyl (C=O) groups excluding carboxylic acids is 1. The van der Waals surface area contributed by atoms with Gasteiger partial charge in [0.15, 0.2) is 0 Å². The topological polar surface area (TPSA) is 102 Å². The summed E-state index contributed by atoms with van der Waals surface area (Å²) in [5.74, 6) is 1.47. The van der Waals surface area contributed by atoms with Crippen molar-refractivity contribution in [2.24, 2.45) is 11.1 Å². The van der Waals surface area contributed by atoms with Crippen molar-refractivity contribution in [3.05, 3.63) is 54.1 Å². The minimum atomic E-state index is -3.73. The van der Waals surface area contributed by atoms with E-state index in [-0.39, 0.29) is 10.9 Å². The van der Waals surface area contributed by atoms with Gasteiger partial charge in [-0.15, -0.1) is 0 Å². The summed E-state index contributed by atoms with van der Waals surface area (Å²) in [6.45, 7) is 1.43. The van der Waals surface area contributed by atoms with E-state index in [0.717, 1.165) is 31.4 Å². The Morgan fingerprint density at radius 1 is 1.10 bits per heavy atom. The molecule has 3 rings (SSSR count). The van der Waals surface area contributed by atoms with Gasteiger partial charge in [0.2, 0.25) is 10.0 Å². The number of nitrogens with two attached hydrogens (primary N) is 1. The molecule has 1 fully saturated rings. The van der Waals surface area contributed by atoms with E-state index in [0.29, 0.717) is 24.7 Å². The first-order chi connectivity index (χ1) is 13.8. The molecule has 0 bridgehead atoms. The number of anilines is 1. The number of piperidine rings is 1. The van der Waals surface area contributed by atoms with Crippen LogP contribution in [0.5, 0.6) is 5.75 Å². The number of aryl methyl sites for hydroxylation is 1. The minimum absolute atomic E-state index is 0.0215. The van der Waals surface area contributed by atoms with Crippen molar-refractivity contribution in [3.63, 3.8) is 0 Å². The van der Waals surface area contributed by atoms with Gasteiger partial charge in [0, 0.05) is 18.8 Å². The molecule has 0 aromatic heterocycles. The molecule has 1 saturated heterocycles. The van der Waals surface area contributed by atoms with Gasteiger partial charge in [-0.1, -0.05) is 12.1 Å². The van der Waals surface area contributed by atoms with E-state index in [2.05, 4.69) is 17.4 Å². The number of amides is 2. The van der Waals surface area contributed by atoms with Crippen LogP contribution in [0.2, 0.25) is 0 Å². The van der Waals surface area contributed by atoms with Crippen LogP contribution in [0.25, 0.3) is 0 Å². The fourth-order valence-corrected chi connectivity index (χ4v) is 4.03. The third kappa shape index (κ3) is 5.95. The Kier molecular flexibility index (Phi) is 6.76. The average molecular weight is 418 g/mol. The maximum Gasteiger partial charge on any atom is 0.321 e. The number of methoxy groups -OCH3 is 1. The second-order valence-electron chi connectivity index (χ2n) is 7.32. The van der Waals surface area contributed by atoms with Crippen LogP contribution in [0.15, 0.2) is 53.4 Å². The summed E-state index contributed by atoms with van der Waals surface area (Å²) in [7, 11) is -2.07. The Bertz CT molecular complexity index is 919. The highest BCUT2D eigenvalue weighted by Gasteiger charge is 2.22. The summed E-state index contributed by atoms with van der Waals surface area (Å²) < 4.78 is 27.8. The lowest BCUT2D eigenvalue weighted by Gasteiger charge is -2.32. The number of hydrogen-bond acceptors (Lipinski definition) is 4. The van der Waals surface area contributed by atoms with Crippen molar-refractivity contribution in [3.8, 4) is 5.75 Å². The molecule has 2 amide bonds. The number of rotatable bonds is 6. The molecule has 8 heteroatoms. The van der Waals surface area contributed by atoms with E-state index in [1.807, 2.05) is 12.1 Å². The SMILES string of the molecule is COc1ccc(CCC2CCN(C(=O)Nc3ccc(S(N)(=O)=O)cc3)CC2)cc1. The van der Waals surface area contributed by atoms with E-state index in [1.54, 1.807) is 24.1 Å². The lowest BCUT2D eigenvalue weighted by molar-refractivity contribution is 0.180. The maximum absolute atomic E-state index is 12.5. The Morgan fingerprint density at radius 2 is 1.72 bits per heavy atom. The molecule has 156 valence electrons. The number of benzene rings is 2. The van der Waals surface area contributed by atoms with Crippen LogP contribution in [0.1, 0.15) is 24.8 Å². The predicted octanol–water partition coefficient (Wildman–Crippen LogP) is 3.22. The summed E-state index contributed by atoms with van der Waals surface area (Å²) in [4.78, 5) is 14.3. The molecule has 2 aromatic carbocycles. The number of likely N-dealkylation sites (tertiary alicyclic amines) is 1. The van der Waals surface area contributed by atoms with E-state index >= 15 is 0 Å². The first-order valence-electron chi connectivity index (χ1n) is 9.67. The van der Waals surface area contributed by atoms with Crippen LogP contribution >= 0.6 is 0 Å². The summed E-state index contributed by atoms with van der Waals surface area (Å²) in [5, 5.41) is 7.90. The lowest BCUT2D eigenvalue weighted by atomic mass is 9.90. The second kappa shape index (κ2) is 9.28. The van der Waals surface area contributed by atoms with Crippen molar-refractivity contribution in [1.82, 2.24) is 4.90 Å². The van der Waals surface area contributed by atoms with E-state index in [4.69, 9.17) is 9.88 Å². The zero-order valence-electron chi connectivity index (χ0n) is 16.5. The zero-order valence-corrected chi connectivity index (χ0v) is 17.3. The Labute approximate surface area is 171 Å². The van der Waals surface area contributed by atoms with Gasteiger partial charge < -0.3 is 15.0 Å². The fraction of sp³-hybridized carbons (Fsp3) is 0.381. The summed E-state index contributed by atoms with van der Waals surface area (Å²) >= 11 is 0. The molecule has 3 N–H and O–H groups in total. The molecule has 29 heavy (non-hydrogen) atoms. The maximum atomic E-state index is 12.5. The Morgan fingerprint density at radius 3 is 2.28 bits per heavy atom. The summed E-state index contributed by atoms with van der Waals surface area (Å²) in [5.41, 5.74) is 1.85. The Hall–Kier alpha value is -2.58. The third-order valence-corrected chi connectivity index (χ3v) is 6.27. The number of urea groups is 1. The quantitative estimate of drug-likeness (QED) is 0.753. The summed E-state index contributed by atoms with van der Waals surface area (Å²) in [6, 6.07) is 13.9. The molecule has 2 aromatic rings. The fourth-order valence-electron chi connectivity index (χ4n) is 3.52. The van der Waals surface area contributed by atoms with Crippen LogP contribution in [0.3, 0.4) is 0 Å². The second-order valence-corrected chi connectivity index (χ2v) is 8.88. The van der Waals surface area contributed by atoms with Crippen molar-refractivity contribution >= 4 is 21.7 Å². The largest absolute Gasteiger partial charge is 0.497 e. The van der Waals surface area contributed by atoms with Gasteiger partial charge >= 0.3 is 6.03 Å². The molecule has 0 atom stereocenters. The van der Waals surface area contributed by atoms with Gasteiger partial charge in [0.25, 0.3) is 0 Å². The van der Waals surface area contributed by atoms with Gasteiger partial charge in [-0.2, -0.15) is 0 Å². The molecule has 0 radical (unpaired) electrons. The molecular formula is C21H27N3O4S. The van der Waals surface area contributed by atoms with Crippen LogP contribution in [-0.4, -0.2) is 39.5 Å². The van der Waals surface area contributed by atoms with E-state index in [1.165, 1.54) is 17.7 Å². The van der Waals surface area contributed by atoms with Crippen LogP contribution in [0.4, 0.5) is 10.5 Å². The highest BCUT2D eigenvalue weighted by Crippen LogP contribution is 2.24. The average Bonchev–Trinajstić information content (AvgIpc) is 2.72. The zero-order chi connectivity index (χ0) is 20.9. The van der Waals surface area contributed by atoms with Gasteiger partial charge in [0.1, 0.15) is 5.75 Å². The van der Waals surface area contributed by atoms with Crippen molar-refractivity contribution in [2.45, 2.75) is 30.6 Å². The molecular weight excluding hydrogens is 390 g/mol. The molecule has 0 spiro atoms. The molecule has 1 heterocycles. The van der Waals surface area contributed by atoms with Gasteiger partial charge in [-0.05, 0) is 73.6 Å². The highest BCUT2D eigenvalue weighted by molar-refractivity contribution is 7.89. The number of primary sulfonamides is 1. The molecule has 1 aliphatic rings. The number of nitrogens with one attached hydrogen (secondary N) is 1. The van der Waals surface area contributed by atoms with Crippen LogP contribution < -0.4 is 15.2 Å². The number of sulfonamides is 1. The third-order valence-electron chi connectivity index (χ3n) is 5.34. The highest BCUT2D eigenvalue weighted by atomic mass is 32.2. The smallest absolute Gasteiger partial charge is 0.321 e. The predicted molar refractivity (Wildman–Crippen MR) is 112 cm³/mol. The normalized spacial score (nSPS) is 15.2. The van der Waals surface area contributed by atoms with Gasteiger partial charge in [0.05, 0.1) is 12.0 Å². The van der Waals surface area contributed by atoms with Crippen molar-refractivity contribution < 1.29 is 17.9 Å². The molecule has 7 nitrogen and oxygen atoms in total. The molecule has 0 saturated carbocycles. The standard InChI is InChI=1S/C21H27N3O4S/c1-28-19-8-4-16(5-9-19)2-3-17-12-14-24(15-13-17)21(25)23-18-6-10-20(11-7-18)29(22,26)27/h4-11,17H,2-3,12-15H2,1H3,(H,23,25)(H2,22,26,27). The van der Waals surface area contributed by atoms with Crippen LogP contribution in [0, 0.1) is 5.92 Å². The monoisotopic (exact) mass is 417 g/mol. The number of carbonyl (C=O) groups is 1. The molecule has 0 unspecified atom stereocenters.